The summed E-state index contributed by atoms with van der Waals surface area (Å²) in [6, 6.07) is 21.6. The molecule has 0 aromatic heterocycles. The molecule has 1 N–H and O–H groups in total. The normalized spacial score (nSPS) is 17.1. The number of carbonyl (C=O) groups is 2. The predicted molar refractivity (Wildman–Crippen MR) is 134 cm³/mol. The lowest BCUT2D eigenvalue weighted by atomic mass is 10.1. The monoisotopic (exact) mass is 472 g/mol. The number of thioether (sulfide) groups is 1. The second-order valence-electron chi connectivity index (χ2n) is 8.67. The van der Waals surface area contributed by atoms with Crippen molar-refractivity contribution in [3.8, 4) is 0 Å². The third-order valence-electron chi connectivity index (χ3n) is 6.25. The summed E-state index contributed by atoms with van der Waals surface area (Å²) < 4.78 is 13.3. The van der Waals surface area contributed by atoms with Gasteiger partial charge in [0.15, 0.2) is 0 Å². The molecule has 0 bridgehead atoms. The highest BCUT2D eigenvalue weighted by molar-refractivity contribution is 8.04. The van der Waals surface area contributed by atoms with Crippen molar-refractivity contribution in [3.05, 3.63) is 100 Å². The quantitative estimate of drug-likeness (QED) is 0.451. The molecular weight excluding hydrogens is 447 g/mol. The molecule has 0 radical (unpaired) electrons. The number of fused-ring (bicyclic) bond motifs is 1. The Hall–Kier alpha value is -3.38. The number of hydrogen-bond acceptors (Lipinski definition) is 3. The zero-order valence-corrected chi connectivity index (χ0v) is 19.5. The van der Waals surface area contributed by atoms with E-state index in [1.807, 2.05) is 42.5 Å². The minimum Gasteiger partial charge on any atom is -0.349 e. The zero-order chi connectivity index (χ0) is 23.5. The third kappa shape index (κ3) is 4.92. The Kier molecular flexibility index (Phi) is 6.50. The first kappa shape index (κ1) is 22.4. The average Bonchev–Trinajstić information content (AvgIpc) is 3.36. The maximum atomic E-state index is 13.4. The number of nitrogens with one attached hydrogen (secondary N) is 1. The Labute approximate surface area is 202 Å². The summed E-state index contributed by atoms with van der Waals surface area (Å²) in [4.78, 5) is 29.3. The van der Waals surface area contributed by atoms with E-state index in [9.17, 15) is 14.0 Å². The van der Waals surface area contributed by atoms with Gasteiger partial charge in [-0.05, 0) is 66.4 Å². The van der Waals surface area contributed by atoms with Crippen molar-refractivity contribution in [2.24, 2.45) is 0 Å². The zero-order valence-electron chi connectivity index (χ0n) is 18.7. The van der Waals surface area contributed by atoms with Crippen LogP contribution in [0.15, 0.2) is 82.6 Å². The molecule has 4 nitrogen and oxygen atoms in total. The number of rotatable bonds is 5. The molecular formula is C28H25FN2O2S. The first-order valence-corrected chi connectivity index (χ1v) is 12.3. The number of para-hydroxylation sites is 1. The molecule has 34 heavy (non-hydrogen) atoms. The maximum absolute atomic E-state index is 13.4. The molecule has 0 unspecified atom stereocenters. The first-order valence-electron chi connectivity index (χ1n) is 11.5. The van der Waals surface area contributed by atoms with Crippen LogP contribution in [0.4, 0.5) is 10.1 Å². The number of amides is 2. The molecule has 1 aliphatic carbocycles. The van der Waals surface area contributed by atoms with E-state index in [1.165, 1.54) is 36.7 Å². The fourth-order valence-corrected chi connectivity index (χ4v) is 5.47. The van der Waals surface area contributed by atoms with Crippen molar-refractivity contribution in [1.82, 2.24) is 5.32 Å². The van der Waals surface area contributed by atoms with Gasteiger partial charge in [0.1, 0.15) is 5.82 Å². The van der Waals surface area contributed by atoms with Gasteiger partial charge in [-0.3, -0.25) is 9.59 Å². The van der Waals surface area contributed by atoms with Crippen LogP contribution >= 0.6 is 11.8 Å². The molecule has 2 amide bonds. The summed E-state index contributed by atoms with van der Waals surface area (Å²) in [6.45, 7) is 0.355. The van der Waals surface area contributed by atoms with Crippen LogP contribution in [-0.4, -0.2) is 17.9 Å². The summed E-state index contributed by atoms with van der Waals surface area (Å²) in [6.07, 6.45) is 6.30. The number of carbonyl (C=O) groups excluding carboxylic acids is 2. The summed E-state index contributed by atoms with van der Waals surface area (Å²) >= 11 is 1.44. The predicted octanol–water partition coefficient (Wildman–Crippen LogP) is 6.18. The molecule has 0 saturated heterocycles. The lowest BCUT2D eigenvalue weighted by Gasteiger charge is -2.30. The number of hydrogen-bond donors (Lipinski definition) is 1. The fourth-order valence-electron chi connectivity index (χ4n) is 4.41. The molecule has 0 spiro atoms. The van der Waals surface area contributed by atoms with Crippen LogP contribution in [0.3, 0.4) is 0 Å². The van der Waals surface area contributed by atoms with Crippen LogP contribution in [0.2, 0.25) is 0 Å². The van der Waals surface area contributed by atoms with Gasteiger partial charge < -0.3 is 10.2 Å². The van der Waals surface area contributed by atoms with Crippen molar-refractivity contribution in [3.63, 3.8) is 0 Å². The summed E-state index contributed by atoms with van der Waals surface area (Å²) in [7, 11) is 0. The minimum absolute atomic E-state index is 0.0476. The molecule has 2 aliphatic rings. The SMILES string of the molecule is O=C(NC1CCCC1)c1ccc(/C=C2\Sc3ccccc3N(Cc3ccc(F)cc3)C2=O)cc1. The molecule has 5 rings (SSSR count). The molecule has 1 saturated carbocycles. The van der Waals surface area contributed by atoms with Crippen LogP contribution in [0.5, 0.6) is 0 Å². The Morgan fingerprint density at radius 3 is 2.44 bits per heavy atom. The lowest BCUT2D eigenvalue weighted by Crippen LogP contribution is -2.33. The van der Waals surface area contributed by atoms with E-state index in [2.05, 4.69) is 5.32 Å². The van der Waals surface area contributed by atoms with E-state index in [0.29, 0.717) is 17.0 Å². The standard InChI is InChI=1S/C28H25FN2O2S/c29-22-15-11-20(12-16-22)18-31-24-7-3-4-8-25(24)34-26(28(31)33)17-19-9-13-21(14-10-19)27(32)30-23-5-1-2-6-23/h3-4,7-17,23H,1-2,5-6,18H2,(H,30,32)/b26-17-. The van der Waals surface area contributed by atoms with E-state index in [0.717, 1.165) is 34.6 Å². The Morgan fingerprint density at radius 2 is 1.71 bits per heavy atom. The largest absolute Gasteiger partial charge is 0.349 e. The molecule has 1 fully saturated rings. The second-order valence-corrected chi connectivity index (χ2v) is 9.76. The fraction of sp³-hybridized carbons (Fsp3) is 0.214. The molecule has 6 heteroatoms. The topological polar surface area (TPSA) is 49.4 Å². The van der Waals surface area contributed by atoms with Crippen molar-refractivity contribution >= 4 is 35.3 Å². The Morgan fingerprint density at radius 1 is 1.00 bits per heavy atom. The molecule has 3 aromatic carbocycles. The van der Waals surface area contributed by atoms with E-state index in [1.54, 1.807) is 29.2 Å². The maximum Gasteiger partial charge on any atom is 0.265 e. The molecule has 0 atom stereocenters. The van der Waals surface area contributed by atoms with Crippen molar-refractivity contribution in [1.29, 1.82) is 0 Å². The van der Waals surface area contributed by atoms with E-state index in [-0.39, 0.29) is 23.7 Å². The number of anilines is 1. The molecule has 1 heterocycles. The smallest absolute Gasteiger partial charge is 0.265 e. The molecule has 3 aromatic rings. The van der Waals surface area contributed by atoms with Gasteiger partial charge in [-0.1, -0.05) is 61.0 Å². The Balaban J connectivity index is 1.37. The summed E-state index contributed by atoms with van der Waals surface area (Å²) in [5.41, 5.74) is 3.18. The van der Waals surface area contributed by atoms with Gasteiger partial charge in [-0.15, -0.1) is 0 Å². The highest BCUT2D eigenvalue weighted by atomic mass is 32.2. The van der Waals surface area contributed by atoms with E-state index in [4.69, 9.17) is 0 Å². The van der Waals surface area contributed by atoms with E-state index >= 15 is 0 Å². The van der Waals surface area contributed by atoms with Crippen LogP contribution in [0, 0.1) is 5.82 Å². The van der Waals surface area contributed by atoms with Crippen LogP contribution in [-0.2, 0) is 11.3 Å². The van der Waals surface area contributed by atoms with Crippen LogP contribution in [0.25, 0.3) is 6.08 Å². The minimum atomic E-state index is -0.300. The first-order chi connectivity index (χ1) is 16.6. The number of halogens is 1. The molecule has 1 aliphatic heterocycles. The third-order valence-corrected chi connectivity index (χ3v) is 7.32. The highest BCUT2D eigenvalue weighted by Gasteiger charge is 2.29. The van der Waals surface area contributed by atoms with Gasteiger partial charge in [-0.2, -0.15) is 0 Å². The van der Waals surface area contributed by atoms with Gasteiger partial charge in [0.25, 0.3) is 11.8 Å². The van der Waals surface area contributed by atoms with Gasteiger partial charge in [0.05, 0.1) is 17.1 Å². The molecule has 172 valence electrons. The van der Waals surface area contributed by atoms with Gasteiger partial charge in [-0.25, -0.2) is 4.39 Å². The van der Waals surface area contributed by atoms with Crippen molar-refractivity contribution in [2.45, 2.75) is 43.2 Å². The average molecular weight is 473 g/mol. The lowest BCUT2D eigenvalue weighted by molar-refractivity contribution is -0.114. The summed E-state index contributed by atoms with van der Waals surface area (Å²) in [5.74, 6) is -0.449. The number of benzene rings is 3. The number of nitrogens with zero attached hydrogens (tertiary/aromatic N) is 1. The van der Waals surface area contributed by atoms with E-state index < -0.39 is 0 Å². The van der Waals surface area contributed by atoms with Crippen molar-refractivity contribution < 1.29 is 14.0 Å². The second kappa shape index (κ2) is 9.85. The highest BCUT2D eigenvalue weighted by Crippen LogP contribution is 2.42. The Bertz CT molecular complexity index is 1230. The van der Waals surface area contributed by atoms with Crippen LogP contribution < -0.4 is 10.2 Å². The van der Waals surface area contributed by atoms with Gasteiger partial charge >= 0.3 is 0 Å². The van der Waals surface area contributed by atoms with Gasteiger partial charge in [0, 0.05) is 16.5 Å². The summed E-state index contributed by atoms with van der Waals surface area (Å²) in [5, 5.41) is 3.10. The van der Waals surface area contributed by atoms with Crippen LogP contribution in [0.1, 0.15) is 47.2 Å². The van der Waals surface area contributed by atoms with Gasteiger partial charge in [0.2, 0.25) is 0 Å². The van der Waals surface area contributed by atoms with Crippen molar-refractivity contribution in [2.75, 3.05) is 4.90 Å².